The summed E-state index contributed by atoms with van der Waals surface area (Å²) >= 11 is 0. The molecule has 0 aromatic heterocycles. The number of hydrogen-bond acceptors (Lipinski definition) is 2. The van der Waals surface area contributed by atoms with Gasteiger partial charge < -0.3 is 10.6 Å². The highest BCUT2D eigenvalue weighted by molar-refractivity contribution is 4.86. The summed E-state index contributed by atoms with van der Waals surface area (Å²) in [6.07, 6.45) is 13.0. The maximum atomic E-state index is 5.95. The van der Waals surface area contributed by atoms with Crippen molar-refractivity contribution in [3.05, 3.63) is 0 Å². The molecule has 0 aromatic carbocycles. The number of nitrogens with two attached hydrogens (primary N) is 1. The lowest BCUT2D eigenvalue weighted by molar-refractivity contribution is 0.139. The molecule has 0 aromatic rings. The zero-order valence-corrected chi connectivity index (χ0v) is 12.2. The Bertz CT molecular complexity index is 221. The van der Waals surface area contributed by atoms with E-state index in [1.54, 1.807) is 0 Å². The molecule has 0 spiro atoms. The molecule has 2 heteroatoms. The minimum Gasteiger partial charge on any atom is -0.330 e. The molecule has 0 bridgehead atoms. The lowest BCUT2D eigenvalue weighted by Gasteiger charge is -2.34. The summed E-state index contributed by atoms with van der Waals surface area (Å²) in [5.74, 6) is 1.74. The number of hydrogen-bond donors (Lipinski definition) is 1. The van der Waals surface area contributed by atoms with Crippen molar-refractivity contribution in [1.82, 2.24) is 4.90 Å². The average Bonchev–Trinajstić information content (AvgIpc) is 2.72. The lowest BCUT2D eigenvalue weighted by Crippen LogP contribution is -2.42. The van der Waals surface area contributed by atoms with Gasteiger partial charge in [0.25, 0.3) is 0 Å². The minimum atomic E-state index is 0.774. The third-order valence-corrected chi connectivity index (χ3v) is 5.26. The molecule has 2 aliphatic rings. The summed E-state index contributed by atoms with van der Waals surface area (Å²) in [5.41, 5.74) is 5.95. The van der Waals surface area contributed by atoms with Crippen LogP contribution in [0.4, 0.5) is 0 Å². The zero-order valence-electron chi connectivity index (χ0n) is 12.2. The van der Waals surface area contributed by atoms with Crippen molar-refractivity contribution >= 4 is 0 Å². The van der Waals surface area contributed by atoms with Gasteiger partial charge in [0.1, 0.15) is 0 Å². The largest absolute Gasteiger partial charge is 0.330 e. The van der Waals surface area contributed by atoms with Crippen molar-refractivity contribution in [2.24, 2.45) is 17.6 Å². The van der Waals surface area contributed by atoms with E-state index >= 15 is 0 Å². The summed E-state index contributed by atoms with van der Waals surface area (Å²) in [6, 6.07) is 0.795. The van der Waals surface area contributed by atoms with Gasteiger partial charge in [0.2, 0.25) is 0 Å². The van der Waals surface area contributed by atoms with Crippen molar-refractivity contribution in [2.75, 3.05) is 19.6 Å². The third-order valence-electron chi connectivity index (χ3n) is 5.26. The quantitative estimate of drug-likeness (QED) is 0.760. The molecule has 0 aliphatic heterocycles. The second-order valence-corrected chi connectivity index (χ2v) is 6.44. The Labute approximate surface area is 113 Å². The lowest BCUT2D eigenvalue weighted by atomic mass is 9.96. The Hall–Kier alpha value is -0.0800. The first-order valence-corrected chi connectivity index (χ1v) is 8.29. The van der Waals surface area contributed by atoms with Gasteiger partial charge in [0, 0.05) is 12.6 Å². The SMILES string of the molecule is CCN(CC1CCCCCC1)C1CCCC1CN. The molecule has 2 saturated carbocycles. The van der Waals surface area contributed by atoms with E-state index in [-0.39, 0.29) is 0 Å². The van der Waals surface area contributed by atoms with Crippen molar-refractivity contribution in [2.45, 2.75) is 70.8 Å². The van der Waals surface area contributed by atoms with E-state index in [1.807, 2.05) is 0 Å². The van der Waals surface area contributed by atoms with Gasteiger partial charge in [-0.05, 0) is 50.6 Å². The smallest absolute Gasteiger partial charge is 0.0135 e. The molecule has 0 heterocycles. The number of nitrogens with zero attached hydrogens (tertiary/aromatic N) is 1. The van der Waals surface area contributed by atoms with E-state index in [0.717, 1.165) is 24.4 Å². The first kappa shape index (κ1) is 14.3. The van der Waals surface area contributed by atoms with Crippen molar-refractivity contribution in [3.63, 3.8) is 0 Å². The van der Waals surface area contributed by atoms with Crippen LogP contribution in [0.25, 0.3) is 0 Å². The monoisotopic (exact) mass is 252 g/mol. The predicted octanol–water partition coefficient (Wildman–Crippen LogP) is 3.41. The molecular formula is C16H32N2. The highest BCUT2D eigenvalue weighted by atomic mass is 15.2. The van der Waals surface area contributed by atoms with E-state index in [9.17, 15) is 0 Å². The highest BCUT2D eigenvalue weighted by Gasteiger charge is 2.31. The summed E-state index contributed by atoms with van der Waals surface area (Å²) in [7, 11) is 0. The maximum Gasteiger partial charge on any atom is 0.0135 e. The minimum absolute atomic E-state index is 0.774. The van der Waals surface area contributed by atoms with Crippen molar-refractivity contribution in [1.29, 1.82) is 0 Å². The first-order valence-electron chi connectivity index (χ1n) is 8.29. The summed E-state index contributed by atoms with van der Waals surface area (Å²) in [5, 5.41) is 0. The summed E-state index contributed by atoms with van der Waals surface area (Å²) < 4.78 is 0. The molecule has 2 atom stereocenters. The van der Waals surface area contributed by atoms with Crippen LogP contribution in [0.5, 0.6) is 0 Å². The van der Waals surface area contributed by atoms with Crippen LogP contribution >= 0.6 is 0 Å². The van der Waals surface area contributed by atoms with Gasteiger partial charge in [-0.25, -0.2) is 0 Å². The fourth-order valence-electron chi connectivity index (χ4n) is 4.15. The molecule has 2 unspecified atom stereocenters. The molecule has 0 amide bonds. The van der Waals surface area contributed by atoms with Gasteiger partial charge in [-0.2, -0.15) is 0 Å². The molecule has 0 radical (unpaired) electrons. The summed E-state index contributed by atoms with van der Waals surface area (Å²) in [4.78, 5) is 2.76. The maximum absolute atomic E-state index is 5.95. The van der Waals surface area contributed by atoms with Gasteiger partial charge in [0.15, 0.2) is 0 Å². The van der Waals surface area contributed by atoms with Crippen LogP contribution in [-0.4, -0.2) is 30.6 Å². The van der Waals surface area contributed by atoms with Gasteiger partial charge in [0.05, 0.1) is 0 Å². The van der Waals surface area contributed by atoms with Gasteiger partial charge >= 0.3 is 0 Å². The average molecular weight is 252 g/mol. The van der Waals surface area contributed by atoms with Crippen molar-refractivity contribution < 1.29 is 0 Å². The van der Waals surface area contributed by atoms with Crippen LogP contribution in [0.15, 0.2) is 0 Å². The fraction of sp³-hybridized carbons (Fsp3) is 1.00. The Balaban J connectivity index is 1.87. The molecule has 18 heavy (non-hydrogen) atoms. The zero-order chi connectivity index (χ0) is 12.8. The van der Waals surface area contributed by atoms with E-state index in [2.05, 4.69) is 11.8 Å². The molecule has 2 rings (SSSR count). The van der Waals surface area contributed by atoms with Crippen LogP contribution in [0.3, 0.4) is 0 Å². The van der Waals surface area contributed by atoms with Crippen LogP contribution in [0.1, 0.15) is 64.7 Å². The second-order valence-electron chi connectivity index (χ2n) is 6.44. The van der Waals surface area contributed by atoms with Gasteiger partial charge in [-0.15, -0.1) is 0 Å². The Morgan fingerprint density at radius 1 is 0.944 bits per heavy atom. The van der Waals surface area contributed by atoms with Gasteiger partial charge in [-0.1, -0.05) is 39.0 Å². The van der Waals surface area contributed by atoms with Crippen LogP contribution < -0.4 is 5.73 Å². The second kappa shape index (κ2) is 7.49. The topological polar surface area (TPSA) is 29.3 Å². The van der Waals surface area contributed by atoms with E-state index < -0.39 is 0 Å². The molecule has 2 fully saturated rings. The Morgan fingerprint density at radius 2 is 1.67 bits per heavy atom. The van der Waals surface area contributed by atoms with E-state index in [0.29, 0.717) is 0 Å². The first-order chi connectivity index (χ1) is 8.85. The van der Waals surface area contributed by atoms with Crippen molar-refractivity contribution in [3.8, 4) is 0 Å². The molecule has 106 valence electrons. The van der Waals surface area contributed by atoms with Gasteiger partial charge in [-0.3, -0.25) is 0 Å². The standard InChI is InChI=1S/C16H32N2/c1-2-18(16-11-7-10-15(16)12-17)13-14-8-5-3-4-6-9-14/h14-16H,2-13,17H2,1H3. The summed E-state index contributed by atoms with van der Waals surface area (Å²) in [6.45, 7) is 5.80. The number of rotatable bonds is 5. The van der Waals surface area contributed by atoms with E-state index in [4.69, 9.17) is 5.73 Å². The molecular weight excluding hydrogens is 220 g/mol. The van der Waals surface area contributed by atoms with Crippen LogP contribution in [0, 0.1) is 11.8 Å². The Morgan fingerprint density at radius 3 is 2.28 bits per heavy atom. The highest BCUT2D eigenvalue weighted by Crippen LogP contribution is 2.31. The van der Waals surface area contributed by atoms with E-state index in [1.165, 1.54) is 70.9 Å². The molecule has 2 nitrogen and oxygen atoms in total. The van der Waals surface area contributed by atoms with Crippen LogP contribution in [-0.2, 0) is 0 Å². The predicted molar refractivity (Wildman–Crippen MR) is 78.6 cm³/mol. The Kier molecular flexibility index (Phi) is 5.97. The molecule has 2 aliphatic carbocycles. The molecule has 0 saturated heterocycles. The molecule has 2 N–H and O–H groups in total. The third kappa shape index (κ3) is 3.71. The normalized spacial score (nSPS) is 30.8. The van der Waals surface area contributed by atoms with Crippen LogP contribution in [0.2, 0.25) is 0 Å². The fourth-order valence-corrected chi connectivity index (χ4v) is 4.15.